The molecule has 1 aromatic carbocycles. The number of carbonyl (C=O) groups is 2. The van der Waals surface area contributed by atoms with Gasteiger partial charge >= 0.3 is 11.9 Å². The fourth-order valence-electron chi connectivity index (χ4n) is 14.1. The Morgan fingerprint density at radius 3 is 2.23 bits per heavy atom. The topological polar surface area (TPSA) is 102 Å². The van der Waals surface area contributed by atoms with Gasteiger partial charge in [0.1, 0.15) is 6.10 Å². The van der Waals surface area contributed by atoms with Crippen molar-refractivity contribution < 1.29 is 34.0 Å². The first kappa shape index (κ1) is 33.5. The molecule has 1 aromatic rings. The molecule has 7 rings (SSSR count). The van der Waals surface area contributed by atoms with E-state index in [1.165, 1.54) is 6.92 Å². The number of carbonyl (C=O) groups excluding carboxylic acids is 2. The van der Waals surface area contributed by atoms with Crippen molar-refractivity contribution in [2.24, 2.45) is 56.7 Å². The predicted molar refractivity (Wildman–Crippen MR) is 178 cm³/mol. The molecule has 1 heterocycles. The van der Waals surface area contributed by atoms with Crippen LogP contribution in [0.1, 0.15) is 118 Å². The number of esters is 2. The maximum atomic E-state index is 13.2. The van der Waals surface area contributed by atoms with E-state index < -0.39 is 29.9 Å². The molecule has 2 N–H and O–H groups in total. The van der Waals surface area contributed by atoms with Crippen LogP contribution in [0.2, 0.25) is 0 Å². The quantitative estimate of drug-likeness (QED) is 0.332. The van der Waals surface area contributed by atoms with E-state index in [4.69, 9.17) is 14.2 Å². The van der Waals surface area contributed by atoms with Crippen LogP contribution in [0.5, 0.6) is 0 Å². The van der Waals surface area contributed by atoms with Gasteiger partial charge in [-0.2, -0.15) is 0 Å². The summed E-state index contributed by atoms with van der Waals surface area (Å²) in [6.45, 7) is 19.0. The fraction of sp³-hybridized carbons (Fsp3) is 0.800. The molecule has 47 heavy (non-hydrogen) atoms. The normalized spacial score (nSPS) is 48.4. The van der Waals surface area contributed by atoms with Crippen LogP contribution in [0.4, 0.5) is 0 Å². The highest BCUT2D eigenvalue weighted by Gasteiger charge is 2.88. The summed E-state index contributed by atoms with van der Waals surface area (Å²) >= 11 is 0. The van der Waals surface area contributed by atoms with Crippen molar-refractivity contribution >= 4 is 11.9 Å². The lowest BCUT2D eigenvalue weighted by atomic mass is 9.41. The van der Waals surface area contributed by atoms with E-state index >= 15 is 0 Å². The Hall–Kier alpha value is -1.96. The van der Waals surface area contributed by atoms with E-state index in [1.807, 2.05) is 30.3 Å². The summed E-state index contributed by atoms with van der Waals surface area (Å²) in [5, 5.41) is 23.6. The molecule has 0 amide bonds. The zero-order valence-electron chi connectivity index (χ0n) is 30.0. The van der Waals surface area contributed by atoms with Crippen molar-refractivity contribution in [2.45, 2.75) is 143 Å². The van der Waals surface area contributed by atoms with Gasteiger partial charge in [-0.15, -0.1) is 0 Å². The lowest BCUT2D eigenvalue weighted by Crippen LogP contribution is -2.60. The Morgan fingerprint density at radius 2 is 1.60 bits per heavy atom. The molecular weight excluding hydrogens is 592 g/mol. The van der Waals surface area contributed by atoms with Crippen molar-refractivity contribution in [3.05, 3.63) is 35.9 Å². The molecule has 7 nitrogen and oxygen atoms in total. The minimum atomic E-state index is -1.27. The van der Waals surface area contributed by atoms with E-state index in [1.54, 1.807) is 13.8 Å². The molecule has 2 spiro atoms. The van der Waals surface area contributed by atoms with Crippen LogP contribution in [0.3, 0.4) is 0 Å². The smallest absolute Gasteiger partial charge is 0.338 e. The molecule has 0 bridgehead atoms. The molecular formula is C40H58O7. The van der Waals surface area contributed by atoms with Crippen LogP contribution in [0.15, 0.2) is 30.3 Å². The van der Waals surface area contributed by atoms with E-state index in [9.17, 15) is 19.8 Å². The van der Waals surface area contributed by atoms with Crippen LogP contribution >= 0.6 is 0 Å². The number of rotatable bonds is 5. The summed E-state index contributed by atoms with van der Waals surface area (Å²) in [5.41, 5.74) is -0.907. The van der Waals surface area contributed by atoms with Gasteiger partial charge < -0.3 is 24.4 Å². The molecule has 0 radical (unpaired) electrons. The van der Waals surface area contributed by atoms with Crippen LogP contribution < -0.4 is 0 Å². The summed E-state index contributed by atoms with van der Waals surface area (Å²) in [7, 11) is 0. The Bertz CT molecular complexity index is 1420. The van der Waals surface area contributed by atoms with Gasteiger partial charge in [0.25, 0.3) is 0 Å². The first-order chi connectivity index (χ1) is 21.9. The van der Waals surface area contributed by atoms with Gasteiger partial charge in [-0.25, -0.2) is 4.79 Å². The number of hydrogen-bond donors (Lipinski definition) is 2. The Labute approximate surface area is 281 Å². The van der Waals surface area contributed by atoms with E-state index in [-0.39, 0.29) is 57.1 Å². The molecule has 5 saturated carbocycles. The predicted octanol–water partition coefficient (Wildman–Crippen LogP) is 6.97. The fourth-order valence-corrected chi connectivity index (χ4v) is 14.1. The third-order valence-electron chi connectivity index (χ3n) is 16.0. The minimum absolute atomic E-state index is 0.0999. The van der Waals surface area contributed by atoms with Crippen LogP contribution in [0, 0.1) is 56.7 Å². The molecule has 7 heteroatoms. The van der Waals surface area contributed by atoms with Gasteiger partial charge in [0.05, 0.1) is 29.5 Å². The summed E-state index contributed by atoms with van der Waals surface area (Å²) < 4.78 is 18.8. The highest BCUT2D eigenvalue weighted by atomic mass is 16.6. The third-order valence-corrected chi connectivity index (χ3v) is 16.0. The average molecular weight is 651 g/mol. The maximum absolute atomic E-state index is 13.2. The third kappa shape index (κ3) is 4.21. The Morgan fingerprint density at radius 1 is 0.957 bits per heavy atom. The van der Waals surface area contributed by atoms with Crippen molar-refractivity contribution in [1.29, 1.82) is 0 Å². The number of aliphatic hydroxyl groups is 2. The van der Waals surface area contributed by atoms with Gasteiger partial charge in [-0.05, 0) is 117 Å². The standard InChI is InChI=1S/C40H58O7/c1-22-21-26(33(36(6,7)44)45-24(3)41)46-31-30(22)37(8)19-20-40-23(2)39(40)18-17-29(47-34(43)25-13-11-10-12-14-25)35(4,5)27(39)15-16-28(40)38(37,9)32(31)42/h10-14,22-23,26-33,42,44H,15-21H2,1-9H3/t22-,23-,26-,27+,28+,29+,30+,31+,32+,33+,37-,38-,39-,40+/m1/s1. The second kappa shape index (κ2) is 10.5. The number of hydrogen-bond acceptors (Lipinski definition) is 7. The van der Waals surface area contributed by atoms with Crippen molar-refractivity contribution in [2.75, 3.05) is 0 Å². The Kier molecular flexibility index (Phi) is 7.51. The van der Waals surface area contributed by atoms with E-state index in [0.717, 1.165) is 38.5 Å². The molecule has 260 valence electrons. The number of aliphatic hydroxyl groups excluding tert-OH is 1. The molecule has 0 unspecified atom stereocenters. The molecule has 0 aromatic heterocycles. The second-order valence-corrected chi connectivity index (χ2v) is 18.3. The van der Waals surface area contributed by atoms with Crippen molar-refractivity contribution in [3.63, 3.8) is 0 Å². The van der Waals surface area contributed by atoms with Gasteiger partial charge in [0.2, 0.25) is 0 Å². The molecule has 5 aliphatic carbocycles. The van der Waals surface area contributed by atoms with E-state index in [0.29, 0.717) is 29.7 Å². The zero-order valence-corrected chi connectivity index (χ0v) is 30.0. The summed E-state index contributed by atoms with van der Waals surface area (Å²) in [4.78, 5) is 25.3. The highest BCUT2D eigenvalue weighted by molar-refractivity contribution is 5.89. The first-order valence-electron chi connectivity index (χ1n) is 18.4. The number of fused-ring (bicyclic) bond motifs is 4. The average Bonchev–Trinajstić information content (AvgIpc) is 3.47. The van der Waals surface area contributed by atoms with Crippen LogP contribution in [0.25, 0.3) is 0 Å². The second-order valence-electron chi connectivity index (χ2n) is 18.3. The minimum Gasteiger partial charge on any atom is -0.458 e. The summed E-state index contributed by atoms with van der Waals surface area (Å²) in [6, 6.07) is 9.36. The Balaban J connectivity index is 1.18. The van der Waals surface area contributed by atoms with Gasteiger partial charge in [0, 0.05) is 17.8 Å². The molecule has 14 atom stereocenters. The van der Waals surface area contributed by atoms with Crippen molar-refractivity contribution in [1.82, 2.24) is 0 Å². The van der Waals surface area contributed by atoms with Gasteiger partial charge in [-0.1, -0.05) is 59.7 Å². The van der Waals surface area contributed by atoms with E-state index in [2.05, 4.69) is 41.5 Å². The lowest BCUT2D eigenvalue weighted by molar-refractivity contribution is -0.216. The first-order valence-corrected chi connectivity index (χ1v) is 18.4. The molecule has 6 aliphatic rings. The van der Waals surface area contributed by atoms with Gasteiger partial charge in [-0.3, -0.25) is 4.79 Å². The van der Waals surface area contributed by atoms with Crippen molar-refractivity contribution in [3.8, 4) is 0 Å². The molecule has 1 saturated heterocycles. The summed E-state index contributed by atoms with van der Waals surface area (Å²) in [5.74, 6) is 1.13. The number of ether oxygens (including phenoxy) is 3. The maximum Gasteiger partial charge on any atom is 0.338 e. The highest BCUT2D eigenvalue weighted by Crippen LogP contribution is 2.91. The van der Waals surface area contributed by atoms with Crippen LogP contribution in [-0.4, -0.2) is 58.3 Å². The number of benzene rings is 1. The zero-order chi connectivity index (χ0) is 34.1. The lowest BCUT2D eigenvalue weighted by Gasteiger charge is -2.63. The SMILES string of the molecule is CC(=O)O[C@@H]([C@H]1C[C@@H](C)[C@H]2[C@H](O1)[C@H](O)[C@@]1(C)[C@@H]3CC[C@H]4C(C)(C)[C@@H](OC(=O)c5ccccc5)CC[C@@]45[C@@H](C)[C@@]35CC[C@]21C)C(C)(C)O. The summed E-state index contributed by atoms with van der Waals surface area (Å²) in [6.07, 6.45) is 4.53. The largest absolute Gasteiger partial charge is 0.458 e. The molecule has 6 fully saturated rings. The molecule has 1 aliphatic heterocycles. The van der Waals surface area contributed by atoms with Crippen LogP contribution in [-0.2, 0) is 19.0 Å². The van der Waals surface area contributed by atoms with Gasteiger partial charge in [0.15, 0.2) is 6.10 Å². The monoisotopic (exact) mass is 650 g/mol.